The molecule has 0 spiro atoms. The standard InChI is InChI=1S/C22H19ClFN7O/c1-31-11-14-7-13(3-5-19(14)30-31)21(26)15-10-27-20(8-18(15)25)29-22(32)28-9-12-2-4-17(24)16(23)6-12/h2-8,10-11,26H,9H2,1H3,(H4,25,27,28,29,32). The van der Waals surface area contributed by atoms with Gasteiger partial charge in [0, 0.05) is 54.3 Å². The summed E-state index contributed by atoms with van der Waals surface area (Å²) in [5, 5.41) is 19.0. The van der Waals surface area contributed by atoms with E-state index in [1.54, 1.807) is 10.7 Å². The topological polar surface area (TPSA) is 122 Å². The third-order valence-corrected chi connectivity index (χ3v) is 5.08. The molecule has 10 heteroatoms. The number of carbonyl (C=O) groups excluding carboxylic acids is 1. The Morgan fingerprint density at radius 3 is 2.81 bits per heavy atom. The van der Waals surface area contributed by atoms with Crippen molar-refractivity contribution in [2.75, 3.05) is 11.1 Å². The number of anilines is 2. The van der Waals surface area contributed by atoms with Crippen LogP contribution in [0.5, 0.6) is 0 Å². The third kappa shape index (κ3) is 4.52. The molecule has 0 aliphatic heterocycles. The van der Waals surface area contributed by atoms with Gasteiger partial charge in [-0.1, -0.05) is 23.7 Å². The Kier molecular flexibility index (Phi) is 5.74. The monoisotopic (exact) mass is 451 g/mol. The van der Waals surface area contributed by atoms with Crippen LogP contribution in [0.3, 0.4) is 0 Å². The number of amides is 2. The summed E-state index contributed by atoms with van der Waals surface area (Å²) in [6, 6.07) is 10.7. The van der Waals surface area contributed by atoms with Crippen LogP contribution >= 0.6 is 11.6 Å². The Morgan fingerprint density at radius 1 is 1.25 bits per heavy atom. The molecule has 162 valence electrons. The fourth-order valence-electron chi connectivity index (χ4n) is 3.20. The van der Waals surface area contributed by atoms with Crippen LogP contribution in [0.25, 0.3) is 10.9 Å². The Labute approximate surface area is 187 Å². The first-order valence-electron chi connectivity index (χ1n) is 9.57. The number of rotatable bonds is 5. The van der Waals surface area contributed by atoms with E-state index in [0.717, 1.165) is 10.9 Å². The Bertz CT molecular complexity index is 1350. The first kappa shape index (κ1) is 21.3. The van der Waals surface area contributed by atoms with Gasteiger partial charge >= 0.3 is 6.03 Å². The van der Waals surface area contributed by atoms with Crippen LogP contribution in [0.4, 0.5) is 20.7 Å². The lowest BCUT2D eigenvalue weighted by Gasteiger charge is -2.11. The number of nitrogen functional groups attached to an aromatic ring is 1. The Hall–Kier alpha value is -3.98. The van der Waals surface area contributed by atoms with Crippen molar-refractivity contribution in [3.8, 4) is 0 Å². The van der Waals surface area contributed by atoms with Crippen molar-refractivity contribution >= 4 is 45.8 Å². The molecule has 0 aliphatic carbocycles. The van der Waals surface area contributed by atoms with Gasteiger partial charge in [-0.05, 0) is 29.8 Å². The summed E-state index contributed by atoms with van der Waals surface area (Å²) < 4.78 is 14.9. The zero-order valence-corrected chi connectivity index (χ0v) is 17.7. The SMILES string of the molecule is Cn1cc2cc(C(=N)c3cnc(NC(=O)NCc4ccc(F)c(Cl)c4)cc3N)ccc2n1. The number of aryl methyl sites for hydroxylation is 1. The maximum atomic E-state index is 13.2. The maximum absolute atomic E-state index is 13.2. The predicted octanol–water partition coefficient (Wildman–Crippen LogP) is 4.08. The number of nitrogens with zero attached hydrogens (tertiary/aromatic N) is 3. The minimum atomic E-state index is -0.523. The number of halogens is 2. The molecule has 2 aromatic heterocycles. The zero-order chi connectivity index (χ0) is 22.8. The average Bonchev–Trinajstić information content (AvgIpc) is 3.13. The number of aromatic nitrogens is 3. The summed E-state index contributed by atoms with van der Waals surface area (Å²) in [5.74, 6) is -0.290. The van der Waals surface area contributed by atoms with E-state index in [1.165, 1.54) is 30.5 Å². The fraction of sp³-hybridized carbons (Fsp3) is 0.0909. The number of nitrogens with one attached hydrogen (secondary N) is 3. The predicted molar refractivity (Wildman–Crippen MR) is 123 cm³/mol. The van der Waals surface area contributed by atoms with Gasteiger partial charge in [0.2, 0.25) is 0 Å². The van der Waals surface area contributed by atoms with Gasteiger partial charge in [-0.15, -0.1) is 0 Å². The molecule has 2 amide bonds. The van der Waals surface area contributed by atoms with Gasteiger partial charge in [-0.25, -0.2) is 14.2 Å². The van der Waals surface area contributed by atoms with Gasteiger partial charge < -0.3 is 11.1 Å². The molecule has 0 fully saturated rings. The molecule has 0 saturated carbocycles. The summed E-state index contributed by atoms with van der Waals surface area (Å²) in [6.07, 6.45) is 3.32. The van der Waals surface area contributed by atoms with E-state index >= 15 is 0 Å². The third-order valence-electron chi connectivity index (χ3n) is 4.79. The molecule has 8 nitrogen and oxygen atoms in total. The van der Waals surface area contributed by atoms with Gasteiger partial charge in [0.1, 0.15) is 11.6 Å². The van der Waals surface area contributed by atoms with E-state index in [0.29, 0.717) is 22.4 Å². The van der Waals surface area contributed by atoms with Crippen molar-refractivity contribution in [3.05, 3.63) is 82.4 Å². The second-order valence-electron chi connectivity index (χ2n) is 7.16. The first-order valence-corrected chi connectivity index (χ1v) is 9.95. The molecular formula is C22H19ClFN7O. The number of hydrogen-bond donors (Lipinski definition) is 4. The Balaban J connectivity index is 1.43. The van der Waals surface area contributed by atoms with Crippen LogP contribution in [0, 0.1) is 11.2 Å². The first-order chi connectivity index (χ1) is 15.3. The van der Waals surface area contributed by atoms with Crippen LogP contribution in [0.1, 0.15) is 16.7 Å². The van der Waals surface area contributed by atoms with Gasteiger partial charge in [0.25, 0.3) is 0 Å². The number of fused-ring (bicyclic) bond motifs is 1. The molecule has 2 aromatic carbocycles. The van der Waals surface area contributed by atoms with E-state index < -0.39 is 11.8 Å². The summed E-state index contributed by atoms with van der Waals surface area (Å²) in [6.45, 7) is 0.154. The summed E-state index contributed by atoms with van der Waals surface area (Å²) in [5.41, 5.74) is 9.25. The number of urea groups is 1. The zero-order valence-electron chi connectivity index (χ0n) is 17.0. The molecular weight excluding hydrogens is 433 g/mol. The van der Waals surface area contributed by atoms with Gasteiger partial charge in [-0.2, -0.15) is 5.10 Å². The largest absolute Gasteiger partial charge is 0.398 e. The quantitative estimate of drug-likeness (QED) is 0.341. The van der Waals surface area contributed by atoms with Gasteiger partial charge in [0.05, 0.1) is 16.3 Å². The molecule has 2 heterocycles. The molecule has 5 N–H and O–H groups in total. The molecule has 0 saturated heterocycles. The number of hydrogen-bond acceptors (Lipinski definition) is 5. The van der Waals surface area contributed by atoms with Crippen molar-refractivity contribution in [1.82, 2.24) is 20.1 Å². The molecule has 0 bridgehead atoms. The van der Waals surface area contributed by atoms with Crippen LogP contribution in [-0.2, 0) is 13.6 Å². The highest BCUT2D eigenvalue weighted by Crippen LogP contribution is 2.22. The second-order valence-corrected chi connectivity index (χ2v) is 7.57. The fourth-order valence-corrected chi connectivity index (χ4v) is 3.40. The number of pyridine rings is 1. The highest BCUT2D eigenvalue weighted by Gasteiger charge is 2.13. The number of nitrogens with two attached hydrogens (primary N) is 1. The molecule has 4 aromatic rings. The lowest BCUT2D eigenvalue weighted by molar-refractivity contribution is 0.251. The summed E-state index contributed by atoms with van der Waals surface area (Å²) in [7, 11) is 1.84. The van der Waals surface area contributed by atoms with Crippen molar-refractivity contribution in [3.63, 3.8) is 0 Å². The summed E-state index contributed by atoms with van der Waals surface area (Å²) in [4.78, 5) is 16.3. The highest BCUT2D eigenvalue weighted by molar-refractivity contribution is 6.30. The van der Waals surface area contributed by atoms with Crippen LogP contribution < -0.4 is 16.4 Å². The molecule has 0 unspecified atom stereocenters. The molecule has 4 rings (SSSR count). The van der Waals surface area contributed by atoms with E-state index in [2.05, 4.69) is 20.7 Å². The van der Waals surface area contributed by atoms with E-state index in [4.69, 9.17) is 22.7 Å². The Morgan fingerprint density at radius 2 is 2.06 bits per heavy atom. The normalized spacial score (nSPS) is 10.8. The van der Waals surface area contributed by atoms with E-state index in [9.17, 15) is 9.18 Å². The molecule has 0 aliphatic rings. The highest BCUT2D eigenvalue weighted by atomic mass is 35.5. The van der Waals surface area contributed by atoms with Gasteiger partial charge in [-0.3, -0.25) is 15.4 Å². The van der Waals surface area contributed by atoms with E-state index in [-0.39, 0.29) is 23.1 Å². The second kappa shape index (κ2) is 8.64. The van der Waals surface area contributed by atoms with Crippen LogP contribution in [-0.4, -0.2) is 26.5 Å². The van der Waals surface area contributed by atoms with Crippen LogP contribution in [0.2, 0.25) is 5.02 Å². The van der Waals surface area contributed by atoms with Crippen molar-refractivity contribution in [2.24, 2.45) is 7.05 Å². The van der Waals surface area contributed by atoms with Gasteiger partial charge in [0.15, 0.2) is 0 Å². The van der Waals surface area contributed by atoms with E-state index in [1.807, 2.05) is 25.4 Å². The average molecular weight is 452 g/mol. The van der Waals surface area contributed by atoms with Crippen molar-refractivity contribution in [1.29, 1.82) is 5.41 Å². The maximum Gasteiger partial charge on any atom is 0.320 e. The molecule has 32 heavy (non-hydrogen) atoms. The van der Waals surface area contributed by atoms with Crippen molar-refractivity contribution < 1.29 is 9.18 Å². The number of benzene rings is 2. The summed E-state index contributed by atoms with van der Waals surface area (Å²) >= 11 is 5.74. The molecule has 0 radical (unpaired) electrons. The minimum Gasteiger partial charge on any atom is -0.398 e. The van der Waals surface area contributed by atoms with Crippen molar-refractivity contribution in [2.45, 2.75) is 6.54 Å². The molecule has 0 atom stereocenters. The minimum absolute atomic E-state index is 0.0140. The number of carbonyl (C=O) groups is 1. The lowest BCUT2D eigenvalue weighted by atomic mass is 10.0. The van der Waals surface area contributed by atoms with Crippen LogP contribution in [0.15, 0.2) is 54.9 Å². The lowest BCUT2D eigenvalue weighted by Crippen LogP contribution is -2.28. The smallest absolute Gasteiger partial charge is 0.320 e.